The van der Waals surface area contributed by atoms with Crippen LogP contribution in [0.4, 0.5) is 5.95 Å². The van der Waals surface area contributed by atoms with Gasteiger partial charge in [-0.1, -0.05) is 6.92 Å². The zero-order valence-electron chi connectivity index (χ0n) is 7.17. The van der Waals surface area contributed by atoms with E-state index >= 15 is 0 Å². The van der Waals surface area contributed by atoms with Gasteiger partial charge in [0.15, 0.2) is 5.82 Å². The number of anilines is 1. The molecule has 0 amide bonds. The minimum absolute atomic E-state index is 0.762. The van der Waals surface area contributed by atoms with Crippen molar-refractivity contribution in [1.82, 2.24) is 20.1 Å². The molecule has 2 N–H and O–H groups in total. The zero-order chi connectivity index (χ0) is 8.39. The third-order valence-corrected chi connectivity index (χ3v) is 1.86. The number of aromatic nitrogens is 3. The van der Waals surface area contributed by atoms with Crippen molar-refractivity contribution < 1.29 is 0 Å². The van der Waals surface area contributed by atoms with Crippen molar-refractivity contribution in [3.05, 3.63) is 5.82 Å². The quantitative estimate of drug-likeness (QED) is 0.655. The van der Waals surface area contributed by atoms with Gasteiger partial charge in [0.2, 0.25) is 5.95 Å². The van der Waals surface area contributed by atoms with Crippen LogP contribution in [0.5, 0.6) is 0 Å². The molecule has 0 aromatic carbocycles. The van der Waals surface area contributed by atoms with Gasteiger partial charge in [0.1, 0.15) is 0 Å². The highest BCUT2D eigenvalue weighted by Crippen LogP contribution is 2.09. The van der Waals surface area contributed by atoms with Crippen molar-refractivity contribution >= 4 is 5.95 Å². The maximum atomic E-state index is 4.31. The Bertz CT molecular complexity index is 245. The highest BCUT2D eigenvalue weighted by atomic mass is 15.4. The second kappa shape index (κ2) is 3.10. The Morgan fingerprint density at radius 3 is 3.33 bits per heavy atom. The largest absolute Gasteiger partial charge is 0.353 e. The van der Waals surface area contributed by atoms with Crippen molar-refractivity contribution in [2.24, 2.45) is 0 Å². The van der Waals surface area contributed by atoms with Crippen LogP contribution in [0.1, 0.15) is 12.7 Å². The fourth-order valence-electron chi connectivity index (χ4n) is 1.26. The lowest BCUT2D eigenvalue weighted by atomic mass is 10.6. The van der Waals surface area contributed by atoms with Crippen LogP contribution in [-0.2, 0) is 13.1 Å². The molecule has 5 heteroatoms. The molecule has 0 aliphatic carbocycles. The van der Waals surface area contributed by atoms with E-state index in [0.29, 0.717) is 0 Å². The Labute approximate surface area is 71.2 Å². The molecular weight excluding hydrogens is 154 g/mol. The summed E-state index contributed by atoms with van der Waals surface area (Å²) in [5, 5.41) is 10.7. The smallest absolute Gasteiger partial charge is 0.221 e. The van der Waals surface area contributed by atoms with Gasteiger partial charge < -0.3 is 10.6 Å². The van der Waals surface area contributed by atoms with Crippen LogP contribution >= 0.6 is 0 Å². The second-order valence-corrected chi connectivity index (χ2v) is 2.78. The number of hydrogen-bond donors (Lipinski definition) is 2. The summed E-state index contributed by atoms with van der Waals surface area (Å²) >= 11 is 0. The molecule has 1 aliphatic heterocycles. The maximum Gasteiger partial charge on any atom is 0.221 e. The van der Waals surface area contributed by atoms with E-state index in [4.69, 9.17) is 0 Å². The number of fused-ring (bicyclic) bond motifs is 1. The lowest BCUT2D eigenvalue weighted by molar-refractivity contribution is 0.643. The summed E-state index contributed by atoms with van der Waals surface area (Å²) in [5.74, 6) is 1.78. The van der Waals surface area contributed by atoms with E-state index < -0.39 is 0 Å². The van der Waals surface area contributed by atoms with Crippen molar-refractivity contribution in [3.8, 4) is 0 Å². The first-order chi connectivity index (χ1) is 5.90. The van der Waals surface area contributed by atoms with Gasteiger partial charge in [-0.2, -0.15) is 10.1 Å². The predicted molar refractivity (Wildman–Crippen MR) is 45.9 cm³/mol. The third kappa shape index (κ3) is 1.27. The van der Waals surface area contributed by atoms with E-state index in [-0.39, 0.29) is 0 Å². The van der Waals surface area contributed by atoms with E-state index in [1.54, 1.807) is 0 Å². The van der Waals surface area contributed by atoms with Crippen molar-refractivity contribution in [2.75, 3.05) is 18.4 Å². The molecular formula is C7H13N5. The van der Waals surface area contributed by atoms with Gasteiger partial charge in [0.05, 0.1) is 13.1 Å². The molecule has 0 saturated carbocycles. The summed E-state index contributed by atoms with van der Waals surface area (Å²) in [7, 11) is 0. The number of nitrogens with one attached hydrogen (secondary N) is 2. The molecule has 1 aromatic heterocycles. The number of nitrogens with zero attached hydrogens (tertiary/aromatic N) is 3. The summed E-state index contributed by atoms with van der Waals surface area (Å²) in [6, 6.07) is 0. The molecule has 2 rings (SSSR count). The van der Waals surface area contributed by atoms with E-state index in [2.05, 4.69) is 27.6 Å². The Kier molecular flexibility index (Phi) is 1.95. The van der Waals surface area contributed by atoms with E-state index in [1.807, 2.05) is 4.68 Å². The first-order valence-electron chi connectivity index (χ1n) is 4.28. The van der Waals surface area contributed by atoms with Gasteiger partial charge in [-0.05, 0) is 6.54 Å². The first-order valence-corrected chi connectivity index (χ1v) is 4.28. The molecule has 0 radical (unpaired) electrons. The number of rotatable bonds is 3. The van der Waals surface area contributed by atoms with Gasteiger partial charge in [-0.3, -0.25) is 0 Å². The van der Waals surface area contributed by atoms with Crippen LogP contribution in [0.3, 0.4) is 0 Å². The maximum absolute atomic E-state index is 4.31. The van der Waals surface area contributed by atoms with Crippen LogP contribution in [0.25, 0.3) is 0 Å². The Balaban J connectivity index is 2.05. The van der Waals surface area contributed by atoms with Gasteiger partial charge in [0, 0.05) is 6.54 Å². The Morgan fingerprint density at radius 1 is 1.67 bits per heavy atom. The van der Waals surface area contributed by atoms with Crippen molar-refractivity contribution in [2.45, 2.75) is 20.0 Å². The highest BCUT2D eigenvalue weighted by molar-refractivity contribution is 5.28. The van der Waals surface area contributed by atoms with E-state index in [9.17, 15) is 0 Å². The van der Waals surface area contributed by atoms with Crippen LogP contribution in [0.15, 0.2) is 0 Å². The van der Waals surface area contributed by atoms with Crippen LogP contribution in [0.2, 0.25) is 0 Å². The minimum atomic E-state index is 0.762. The predicted octanol–water partition coefficient (Wildman–Crippen LogP) is -0.187. The van der Waals surface area contributed by atoms with E-state index in [1.165, 1.54) is 0 Å². The van der Waals surface area contributed by atoms with Crippen LogP contribution in [0, 0.1) is 0 Å². The average molecular weight is 167 g/mol. The summed E-state index contributed by atoms with van der Waals surface area (Å²) in [6.45, 7) is 5.68. The van der Waals surface area contributed by atoms with Crippen LogP contribution < -0.4 is 10.6 Å². The summed E-state index contributed by atoms with van der Waals surface area (Å²) in [4.78, 5) is 4.31. The topological polar surface area (TPSA) is 54.8 Å². The molecule has 1 aliphatic rings. The SMILES string of the molecule is CCNCc1nc2n(n1)CCN2. The number of hydrogen-bond acceptors (Lipinski definition) is 4. The van der Waals surface area contributed by atoms with Gasteiger partial charge in [-0.15, -0.1) is 0 Å². The molecule has 0 atom stereocenters. The first kappa shape index (κ1) is 7.54. The standard InChI is InChI=1S/C7H13N5/c1-2-8-5-6-10-7-9-3-4-12(7)11-6/h8H,2-5H2,1H3,(H,9,10,11). The molecule has 0 fully saturated rings. The van der Waals surface area contributed by atoms with Crippen LogP contribution in [-0.4, -0.2) is 27.9 Å². The molecule has 0 unspecified atom stereocenters. The molecule has 0 bridgehead atoms. The lowest BCUT2D eigenvalue weighted by Crippen LogP contribution is -2.13. The van der Waals surface area contributed by atoms with Gasteiger partial charge in [0.25, 0.3) is 0 Å². The minimum Gasteiger partial charge on any atom is -0.353 e. The van der Waals surface area contributed by atoms with Gasteiger partial charge >= 0.3 is 0 Å². The molecule has 12 heavy (non-hydrogen) atoms. The average Bonchev–Trinajstić information content (AvgIpc) is 2.58. The van der Waals surface area contributed by atoms with Gasteiger partial charge in [-0.25, -0.2) is 4.68 Å². The molecule has 5 nitrogen and oxygen atoms in total. The zero-order valence-corrected chi connectivity index (χ0v) is 7.17. The normalized spacial score (nSPS) is 14.4. The molecule has 1 aromatic rings. The summed E-state index contributed by atoms with van der Waals surface area (Å²) < 4.78 is 1.91. The van der Waals surface area contributed by atoms with Crippen molar-refractivity contribution in [3.63, 3.8) is 0 Å². The lowest BCUT2D eigenvalue weighted by Gasteiger charge is -1.94. The monoisotopic (exact) mass is 167 g/mol. The van der Waals surface area contributed by atoms with E-state index in [0.717, 1.165) is 38.0 Å². The Hall–Kier alpha value is -1.10. The molecule has 0 saturated heterocycles. The Morgan fingerprint density at radius 2 is 2.58 bits per heavy atom. The second-order valence-electron chi connectivity index (χ2n) is 2.78. The summed E-state index contributed by atoms with van der Waals surface area (Å²) in [5.41, 5.74) is 0. The highest BCUT2D eigenvalue weighted by Gasteiger charge is 2.13. The molecule has 66 valence electrons. The molecule has 2 heterocycles. The summed E-state index contributed by atoms with van der Waals surface area (Å²) in [6.07, 6.45) is 0. The fourth-order valence-corrected chi connectivity index (χ4v) is 1.26. The fraction of sp³-hybridized carbons (Fsp3) is 0.714. The van der Waals surface area contributed by atoms with Crippen molar-refractivity contribution in [1.29, 1.82) is 0 Å². The molecule has 0 spiro atoms. The third-order valence-electron chi connectivity index (χ3n) is 1.86.